The van der Waals surface area contributed by atoms with Crippen LogP contribution in [0.1, 0.15) is 56.6 Å². The van der Waals surface area contributed by atoms with Crippen LogP contribution in [0, 0.1) is 19.7 Å². The van der Waals surface area contributed by atoms with Gasteiger partial charge in [-0.1, -0.05) is 11.2 Å². The number of hydrogen-bond acceptors (Lipinski definition) is 6. The number of aromatic nitrogens is 2. The van der Waals surface area contributed by atoms with Crippen LogP contribution in [0.4, 0.5) is 17.6 Å². The summed E-state index contributed by atoms with van der Waals surface area (Å²) in [6.07, 6.45) is -3.19. The van der Waals surface area contributed by atoms with Gasteiger partial charge in [0.15, 0.2) is 0 Å². The molecule has 0 radical (unpaired) electrons. The summed E-state index contributed by atoms with van der Waals surface area (Å²) in [6, 6.07) is 7.90. The molecular formula is C26H20F4N2O4S. The van der Waals surface area contributed by atoms with Crippen LogP contribution in [0.5, 0.6) is 5.75 Å². The topological polar surface area (TPSA) is 85.5 Å². The molecule has 2 aromatic carbocycles. The molecule has 0 amide bonds. The van der Waals surface area contributed by atoms with Crippen molar-refractivity contribution in [1.29, 1.82) is 0 Å². The number of aryl methyl sites for hydroxylation is 2. The third-order valence-corrected chi connectivity index (χ3v) is 7.30. The van der Waals surface area contributed by atoms with E-state index in [2.05, 4.69) is 10.1 Å². The van der Waals surface area contributed by atoms with Crippen LogP contribution in [0.3, 0.4) is 0 Å². The number of benzene rings is 2. The molecule has 1 N–H and O–H groups in total. The summed E-state index contributed by atoms with van der Waals surface area (Å²) in [7, 11) is 0. The number of halogens is 4. The lowest BCUT2D eigenvalue weighted by Crippen LogP contribution is -2.10. The van der Waals surface area contributed by atoms with Gasteiger partial charge in [-0.3, -0.25) is 0 Å². The molecule has 0 aliphatic heterocycles. The third kappa shape index (κ3) is 4.83. The van der Waals surface area contributed by atoms with Crippen LogP contribution in [0.15, 0.2) is 40.9 Å². The van der Waals surface area contributed by atoms with Gasteiger partial charge in [-0.2, -0.15) is 13.2 Å². The lowest BCUT2D eigenvalue weighted by atomic mass is 9.99. The van der Waals surface area contributed by atoms with Crippen molar-refractivity contribution in [3.8, 4) is 27.6 Å². The van der Waals surface area contributed by atoms with E-state index in [1.54, 1.807) is 25.1 Å². The number of ether oxygens (including phenoxy) is 1. The fourth-order valence-corrected chi connectivity index (χ4v) is 5.15. The fourth-order valence-electron chi connectivity index (χ4n) is 4.16. The number of carboxylic acids is 1. The van der Waals surface area contributed by atoms with E-state index in [9.17, 15) is 27.5 Å². The molecule has 1 aliphatic carbocycles. The molecule has 0 bridgehead atoms. The first kappa shape index (κ1) is 24.9. The molecule has 6 nitrogen and oxygen atoms in total. The molecule has 0 atom stereocenters. The molecule has 2 aromatic heterocycles. The predicted molar refractivity (Wildman–Crippen MR) is 127 cm³/mol. The SMILES string of the molecule is Cc1cc(OCc2c(-c3c(F)cccc3C(F)(F)F)noc2C2CC2)ccc1-c1nc(C)c(C(=O)O)s1. The molecule has 0 spiro atoms. The minimum Gasteiger partial charge on any atom is -0.489 e. The van der Waals surface area contributed by atoms with Crippen molar-refractivity contribution < 1.29 is 36.7 Å². The Morgan fingerprint density at radius 3 is 2.59 bits per heavy atom. The van der Waals surface area contributed by atoms with Gasteiger partial charge in [-0.25, -0.2) is 14.2 Å². The highest BCUT2D eigenvalue weighted by Crippen LogP contribution is 2.46. The molecule has 2 heterocycles. The van der Waals surface area contributed by atoms with E-state index >= 15 is 0 Å². The van der Waals surface area contributed by atoms with Gasteiger partial charge in [0.25, 0.3) is 0 Å². The summed E-state index contributed by atoms with van der Waals surface area (Å²) in [4.78, 5) is 15.9. The summed E-state index contributed by atoms with van der Waals surface area (Å²) in [6.45, 7) is 3.27. The summed E-state index contributed by atoms with van der Waals surface area (Å²) in [5, 5.41) is 13.7. The van der Waals surface area contributed by atoms with E-state index in [-0.39, 0.29) is 28.7 Å². The van der Waals surface area contributed by atoms with E-state index in [0.717, 1.165) is 53.5 Å². The van der Waals surface area contributed by atoms with Crippen LogP contribution in [-0.4, -0.2) is 21.2 Å². The summed E-state index contributed by atoms with van der Waals surface area (Å²) < 4.78 is 67.1. The van der Waals surface area contributed by atoms with E-state index in [1.165, 1.54) is 0 Å². The molecule has 1 fully saturated rings. The van der Waals surface area contributed by atoms with E-state index in [1.807, 2.05) is 6.92 Å². The second-order valence-electron chi connectivity index (χ2n) is 8.81. The Morgan fingerprint density at radius 2 is 1.97 bits per heavy atom. The quantitative estimate of drug-likeness (QED) is 0.250. The van der Waals surface area contributed by atoms with E-state index in [4.69, 9.17) is 9.26 Å². The zero-order chi connectivity index (χ0) is 26.5. The van der Waals surface area contributed by atoms with Crippen molar-refractivity contribution in [1.82, 2.24) is 10.1 Å². The highest BCUT2D eigenvalue weighted by atomic mass is 32.1. The average Bonchev–Trinajstić information content (AvgIpc) is 3.47. The molecule has 0 unspecified atom stereocenters. The standard InChI is InChI=1S/C26H20F4N2O4S/c1-12-10-15(8-9-16(12)24-31-13(2)23(37-24)25(33)34)35-11-17-21(32-36-22(17)14-6-7-14)20-18(26(28,29)30)4-3-5-19(20)27/h3-5,8-10,14H,6-7,11H2,1-2H3,(H,33,34). The van der Waals surface area contributed by atoms with Gasteiger partial charge < -0.3 is 14.4 Å². The number of rotatable bonds is 7. The molecule has 0 saturated heterocycles. The summed E-state index contributed by atoms with van der Waals surface area (Å²) >= 11 is 1.07. The number of nitrogens with zero attached hydrogens (tertiary/aromatic N) is 2. The van der Waals surface area contributed by atoms with Gasteiger partial charge in [0, 0.05) is 11.5 Å². The summed E-state index contributed by atoms with van der Waals surface area (Å²) in [5.74, 6) is -1.27. The second kappa shape index (κ2) is 9.29. The van der Waals surface area contributed by atoms with Crippen molar-refractivity contribution in [2.75, 3.05) is 0 Å². The normalized spacial score (nSPS) is 13.7. The largest absolute Gasteiger partial charge is 0.489 e. The monoisotopic (exact) mass is 532 g/mol. The van der Waals surface area contributed by atoms with Crippen LogP contribution in [-0.2, 0) is 12.8 Å². The predicted octanol–water partition coefficient (Wildman–Crippen LogP) is 7.39. The number of aromatic carboxylic acids is 1. The lowest BCUT2D eigenvalue weighted by molar-refractivity contribution is -0.137. The smallest absolute Gasteiger partial charge is 0.417 e. The average molecular weight is 533 g/mol. The fraction of sp³-hybridized carbons (Fsp3) is 0.269. The van der Waals surface area contributed by atoms with E-state index in [0.29, 0.717) is 22.2 Å². The number of carbonyl (C=O) groups is 1. The van der Waals surface area contributed by atoms with Crippen LogP contribution in [0.2, 0.25) is 0 Å². The van der Waals surface area contributed by atoms with Crippen molar-refractivity contribution in [3.05, 3.63) is 75.2 Å². The minimum absolute atomic E-state index is 0.00152. The van der Waals surface area contributed by atoms with Crippen molar-refractivity contribution >= 4 is 17.3 Å². The zero-order valence-electron chi connectivity index (χ0n) is 19.6. The molecule has 1 saturated carbocycles. The molecule has 37 heavy (non-hydrogen) atoms. The first-order valence-electron chi connectivity index (χ1n) is 11.3. The Bertz CT molecular complexity index is 1500. The Labute approximate surface area is 212 Å². The number of alkyl halides is 3. The molecule has 4 aromatic rings. The molecular weight excluding hydrogens is 512 g/mol. The Kier molecular flexibility index (Phi) is 6.26. The first-order chi connectivity index (χ1) is 17.5. The van der Waals surface area contributed by atoms with Gasteiger partial charge in [0.05, 0.1) is 22.4 Å². The number of thiazole rings is 1. The van der Waals surface area contributed by atoms with Gasteiger partial charge in [-0.05, 0) is 62.6 Å². The van der Waals surface area contributed by atoms with Crippen molar-refractivity contribution in [3.63, 3.8) is 0 Å². The Hall–Kier alpha value is -3.73. The van der Waals surface area contributed by atoms with Crippen LogP contribution in [0.25, 0.3) is 21.8 Å². The van der Waals surface area contributed by atoms with Gasteiger partial charge in [0.1, 0.15) is 39.5 Å². The highest BCUT2D eigenvalue weighted by molar-refractivity contribution is 7.17. The lowest BCUT2D eigenvalue weighted by Gasteiger charge is -2.14. The number of carboxylic acid groups (broad SMARTS) is 1. The molecule has 1 aliphatic rings. The Morgan fingerprint density at radius 1 is 1.22 bits per heavy atom. The highest BCUT2D eigenvalue weighted by Gasteiger charge is 2.39. The summed E-state index contributed by atoms with van der Waals surface area (Å²) in [5.41, 5.74) is 0.184. The zero-order valence-corrected chi connectivity index (χ0v) is 20.5. The maximum absolute atomic E-state index is 14.7. The van der Waals surface area contributed by atoms with E-state index < -0.39 is 29.1 Å². The Balaban J connectivity index is 1.46. The molecule has 11 heteroatoms. The maximum Gasteiger partial charge on any atom is 0.417 e. The van der Waals surface area contributed by atoms with Crippen LogP contribution < -0.4 is 4.74 Å². The van der Waals surface area contributed by atoms with Crippen molar-refractivity contribution in [2.24, 2.45) is 0 Å². The molecule has 192 valence electrons. The maximum atomic E-state index is 14.7. The first-order valence-corrected chi connectivity index (χ1v) is 12.1. The minimum atomic E-state index is -4.78. The number of hydrogen-bond donors (Lipinski definition) is 1. The van der Waals surface area contributed by atoms with Gasteiger partial charge in [-0.15, -0.1) is 11.3 Å². The molecule has 5 rings (SSSR count). The van der Waals surface area contributed by atoms with Crippen LogP contribution >= 0.6 is 11.3 Å². The second-order valence-corrected chi connectivity index (χ2v) is 9.81. The van der Waals surface area contributed by atoms with Gasteiger partial charge >= 0.3 is 12.1 Å². The van der Waals surface area contributed by atoms with Crippen molar-refractivity contribution in [2.45, 2.75) is 45.4 Å². The third-order valence-electron chi connectivity index (χ3n) is 6.12. The van der Waals surface area contributed by atoms with Gasteiger partial charge in [0.2, 0.25) is 0 Å².